The summed E-state index contributed by atoms with van der Waals surface area (Å²) >= 11 is 0. The average molecular weight is 320 g/mol. The molecule has 2 N–H and O–H groups in total. The Hall–Kier alpha value is -2.08. The lowest BCUT2D eigenvalue weighted by atomic mass is 9.76. The fraction of sp³-hybridized carbons (Fsp3) is 0.529. The monoisotopic (exact) mass is 320 g/mol. The highest BCUT2D eigenvalue weighted by molar-refractivity contribution is 5.85. The molecule has 1 heterocycles. The summed E-state index contributed by atoms with van der Waals surface area (Å²) in [7, 11) is 1.52. The van der Waals surface area contributed by atoms with Gasteiger partial charge in [0, 0.05) is 19.5 Å². The van der Waals surface area contributed by atoms with Crippen molar-refractivity contribution in [3.8, 4) is 0 Å². The van der Waals surface area contributed by atoms with Crippen LogP contribution in [0.25, 0.3) is 0 Å². The Bertz CT molecular complexity index is 549. The standard InChI is InChI=1S/C17H24N2O4/c1-3-14-11-18-10-9-17(14,15(20)21)19(2)16(22)23-12-13-7-5-4-6-8-13/h4-8,14,18H,3,9-12H2,1-2H3,(H,20,21). The highest BCUT2D eigenvalue weighted by Gasteiger charge is 2.52. The highest BCUT2D eigenvalue weighted by atomic mass is 16.6. The van der Waals surface area contributed by atoms with E-state index >= 15 is 0 Å². The van der Waals surface area contributed by atoms with Crippen molar-refractivity contribution in [1.29, 1.82) is 0 Å². The Kier molecular flexibility index (Phi) is 5.60. The molecule has 6 heteroatoms. The number of piperidine rings is 1. The van der Waals surface area contributed by atoms with Crippen molar-refractivity contribution in [2.45, 2.75) is 31.9 Å². The lowest BCUT2D eigenvalue weighted by Crippen LogP contribution is -2.65. The molecule has 2 unspecified atom stereocenters. The number of hydrogen-bond donors (Lipinski definition) is 2. The second kappa shape index (κ2) is 7.46. The number of likely N-dealkylation sites (N-methyl/N-ethyl adjacent to an activating group) is 1. The number of nitrogens with one attached hydrogen (secondary N) is 1. The normalized spacial score (nSPS) is 24.0. The maximum absolute atomic E-state index is 12.4. The van der Waals surface area contributed by atoms with Crippen LogP contribution >= 0.6 is 0 Å². The van der Waals surface area contributed by atoms with E-state index in [-0.39, 0.29) is 12.5 Å². The number of carboxylic acids is 1. The molecule has 2 rings (SSSR count). The van der Waals surface area contributed by atoms with Crippen molar-refractivity contribution in [3.63, 3.8) is 0 Å². The van der Waals surface area contributed by atoms with E-state index < -0.39 is 17.6 Å². The van der Waals surface area contributed by atoms with Crippen molar-refractivity contribution < 1.29 is 19.4 Å². The number of nitrogens with zero attached hydrogens (tertiary/aromatic N) is 1. The molecule has 1 aromatic rings. The quantitative estimate of drug-likeness (QED) is 0.868. The summed E-state index contributed by atoms with van der Waals surface area (Å²) in [4.78, 5) is 25.7. The third kappa shape index (κ3) is 3.47. The van der Waals surface area contributed by atoms with Crippen LogP contribution in [0.1, 0.15) is 25.3 Å². The summed E-state index contributed by atoms with van der Waals surface area (Å²) in [6.07, 6.45) is 0.449. The number of carbonyl (C=O) groups excluding carboxylic acids is 1. The minimum absolute atomic E-state index is 0.134. The molecule has 0 spiro atoms. The SMILES string of the molecule is CCC1CNCCC1(C(=O)O)N(C)C(=O)OCc1ccccc1. The van der Waals surface area contributed by atoms with Crippen molar-refractivity contribution in [3.05, 3.63) is 35.9 Å². The van der Waals surface area contributed by atoms with Gasteiger partial charge in [0.1, 0.15) is 12.1 Å². The minimum Gasteiger partial charge on any atom is -0.479 e. The van der Waals surface area contributed by atoms with E-state index in [1.165, 1.54) is 11.9 Å². The fourth-order valence-corrected chi connectivity index (χ4v) is 3.26. The van der Waals surface area contributed by atoms with Crippen LogP contribution in [0.4, 0.5) is 4.79 Å². The second-order valence-corrected chi connectivity index (χ2v) is 5.89. The molecule has 0 saturated carbocycles. The molecular weight excluding hydrogens is 296 g/mol. The van der Waals surface area contributed by atoms with Crippen LogP contribution in [0.5, 0.6) is 0 Å². The van der Waals surface area contributed by atoms with Gasteiger partial charge >= 0.3 is 12.1 Å². The molecule has 1 saturated heterocycles. The molecule has 0 aliphatic carbocycles. The number of carboxylic acid groups (broad SMARTS) is 1. The van der Waals surface area contributed by atoms with E-state index in [9.17, 15) is 14.7 Å². The van der Waals surface area contributed by atoms with Crippen LogP contribution in [0.15, 0.2) is 30.3 Å². The van der Waals surface area contributed by atoms with Gasteiger partial charge in [-0.1, -0.05) is 37.3 Å². The van der Waals surface area contributed by atoms with E-state index in [0.29, 0.717) is 25.9 Å². The zero-order chi connectivity index (χ0) is 16.9. The van der Waals surface area contributed by atoms with Crippen LogP contribution < -0.4 is 5.32 Å². The Labute approximate surface area is 136 Å². The highest BCUT2D eigenvalue weighted by Crippen LogP contribution is 2.33. The van der Waals surface area contributed by atoms with Crippen LogP contribution in [-0.2, 0) is 16.1 Å². The number of amides is 1. The first kappa shape index (κ1) is 17.3. The van der Waals surface area contributed by atoms with Crippen molar-refractivity contribution in [2.24, 2.45) is 5.92 Å². The van der Waals surface area contributed by atoms with Gasteiger partial charge in [0.05, 0.1) is 0 Å². The summed E-state index contributed by atoms with van der Waals surface area (Å²) < 4.78 is 5.31. The summed E-state index contributed by atoms with van der Waals surface area (Å²) in [6, 6.07) is 9.34. The first-order valence-electron chi connectivity index (χ1n) is 7.91. The summed E-state index contributed by atoms with van der Waals surface area (Å²) in [5.41, 5.74) is -0.343. The first-order chi connectivity index (χ1) is 11.0. The Morgan fingerprint density at radius 2 is 2.09 bits per heavy atom. The van der Waals surface area contributed by atoms with Gasteiger partial charge < -0.3 is 15.2 Å². The largest absolute Gasteiger partial charge is 0.479 e. The van der Waals surface area contributed by atoms with Gasteiger partial charge in [0.15, 0.2) is 0 Å². The maximum Gasteiger partial charge on any atom is 0.410 e. The van der Waals surface area contributed by atoms with Crippen molar-refractivity contribution >= 4 is 12.1 Å². The molecule has 23 heavy (non-hydrogen) atoms. The topological polar surface area (TPSA) is 78.9 Å². The van der Waals surface area contributed by atoms with Gasteiger partial charge in [-0.05, 0) is 24.9 Å². The third-order valence-corrected chi connectivity index (χ3v) is 4.69. The number of hydrogen-bond acceptors (Lipinski definition) is 4. The predicted octanol–water partition coefficient (Wildman–Crippen LogP) is 2.10. The molecule has 1 fully saturated rings. The zero-order valence-electron chi connectivity index (χ0n) is 13.6. The minimum atomic E-state index is -1.21. The van der Waals surface area contributed by atoms with Crippen LogP contribution in [0.3, 0.4) is 0 Å². The molecule has 1 aliphatic heterocycles. The summed E-state index contributed by atoms with van der Waals surface area (Å²) in [5.74, 6) is -1.12. The number of carbonyl (C=O) groups is 2. The van der Waals surface area contributed by atoms with Gasteiger partial charge in [0.25, 0.3) is 0 Å². The number of ether oxygens (including phenoxy) is 1. The van der Waals surface area contributed by atoms with Gasteiger partial charge in [-0.3, -0.25) is 4.90 Å². The van der Waals surface area contributed by atoms with Crippen LogP contribution in [0.2, 0.25) is 0 Å². The number of rotatable bonds is 5. The smallest absolute Gasteiger partial charge is 0.410 e. The van der Waals surface area contributed by atoms with E-state index in [0.717, 1.165) is 5.56 Å². The first-order valence-corrected chi connectivity index (χ1v) is 7.91. The molecule has 0 aromatic heterocycles. The van der Waals surface area contributed by atoms with Crippen molar-refractivity contribution in [2.75, 3.05) is 20.1 Å². The molecule has 6 nitrogen and oxygen atoms in total. The molecule has 0 bridgehead atoms. The Balaban J connectivity index is 2.12. The number of benzene rings is 1. The summed E-state index contributed by atoms with van der Waals surface area (Å²) in [5, 5.41) is 13.0. The van der Waals surface area contributed by atoms with E-state index in [4.69, 9.17) is 4.74 Å². The van der Waals surface area contributed by atoms with Gasteiger partial charge in [-0.25, -0.2) is 9.59 Å². The van der Waals surface area contributed by atoms with Gasteiger partial charge in [-0.15, -0.1) is 0 Å². The molecule has 126 valence electrons. The molecule has 0 radical (unpaired) electrons. The maximum atomic E-state index is 12.4. The molecule has 2 atom stereocenters. The summed E-state index contributed by atoms with van der Waals surface area (Å²) in [6.45, 7) is 3.23. The van der Waals surface area contributed by atoms with E-state index in [1.807, 2.05) is 37.3 Å². The zero-order valence-corrected chi connectivity index (χ0v) is 13.6. The van der Waals surface area contributed by atoms with Crippen molar-refractivity contribution in [1.82, 2.24) is 10.2 Å². The lowest BCUT2D eigenvalue weighted by molar-refractivity contribution is -0.156. The lowest BCUT2D eigenvalue weighted by Gasteiger charge is -2.46. The predicted molar refractivity (Wildman–Crippen MR) is 86.0 cm³/mol. The molecular formula is C17H24N2O4. The fourth-order valence-electron chi connectivity index (χ4n) is 3.26. The number of aliphatic carboxylic acids is 1. The second-order valence-electron chi connectivity index (χ2n) is 5.89. The van der Waals surface area contributed by atoms with E-state index in [1.54, 1.807) is 0 Å². The van der Waals surface area contributed by atoms with Gasteiger partial charge in [0.2, 0.25) is 0 Å². The Morgan fingerprint density at radius 3 is 2.70 bits per heavy atom. The van der Waals surface area contributed by atoms with Crippen LogP contribution in [0, 0.1) is 5.92 Å². The van der Waals surface area contributed by atoms with E-state index in [2.05, 4.69) is 5.32 Å². The molecule has 1 aliphatic rings. The molecule has 1 aromatic carbocycles. The van der Waals surface area contributed by atoms with Crippen LogP contribution in [-0.4, -0.2) is 47.7 Å². The molecule has 1 amide bonds. The average Bonchev–Trinajstić information content (AvgIpc) is 2.59. The third-order valence-electron chi connectivity index (χ3n) is 4.69. The Morgan fingerprint density at radius 1 is 1.39 bits per heavy atom. The van der Waals surface area contributed by atoms with Gasteiger partial charge in [-0.2, -0.15) is 0 Å².